The monoisotopic (exact) mass is 176 g/mol. The van der Waals surface area contributed by atoms with Crippen LogP contribution in [-0.2, 0) is 0 Å². The Balaban J connectivity index is 2.32. The summed E-state index contributed by atoms with van der Waals surface area (Å²) in [6, 6.07) is 6.75. The third-order valence-electron chi connectivity index (χ3n) is 2.68. The molecule has 1 aliphatic heterocycles. The van der Waals surface area contributed by atoms with E-state index in [0.29, 0.717) is 6.04 Å². The van der Waals surface area contributed by atoms with Crippen molar-refractivity contribution in [2.45, 2.75) is 25.8 Å². The van der Waals surface area contributed by atoms with Gasteiger partial charge < -0.3 is 11.1 Å². The molecule has 1 heterocycles. The maximum absolute atomic E-state index is 5.93. The van der Waals surface area contributed by atoms with Crippen LogP contribution in [0.4, 0.5) is 5.69 Å². The number of aryl methyl sites for hydroxylation is 1. The first-order chi connectivity index (χ1) is 6.27. The molecule has 0 amide bonds. The van der Waals surface area contributed by atoms with Crippen LogP contribution >= 0.6 is 0 Å². The highest BCUT2D eigenvalue weighted by molar-refractivity contribution is 5.50. The smallest absolute Gasteiger partial charge is 0.0362 e. The van der Waals surface area contributed by atoms with Crippen molar-refractivity contribution in [3.05, 3.63) is 29.3 Å². The molecule has 3 N–H and O–H groups in total. The second-order valence-electron chi connectivity index (χ2n) is 3.78. The standard InChI is InChI=1S/C11H16N2/c1-8-4-5-10(12)9(7-8)11-3-2-6-13-11/h4-5,7,11,13H,2-3,6,12H2,1H3/t11-/m0/s1. The largest absolute Gasteiger partial charge is 0.398 e. The van der Waals surface area contributed by atoms with Gasteiger partial charge in [0.15, 0.2) is 0 Å². The van der Waals surface area contributed by atoms with Gasteiger partial charge in [-0.2, -0.15) is 0 Å². The van der Waals surface area contributed by atoms with Gasteiger partial charge in [-0.15, -0.1) is 0 Å². The third kappa shape index (κ3) is 1.68. The first kappa shape index (κ1) is 8.57. The van der Waals surface area contributed by atoms with E-state index < -0.39 is 0 Å². The molecule has 70 valence electrons. The molecule has 2 heteroatoms. The molecule has 1 atom stereocenters. The van der Waals surface area contributed by atoms with E-state index in [2.05, 4.69) is 24.4 Å². The van der Waals surface area contributed by atoms with E-state index in [1.54, 1.807) is 0 Å². The van der Waals surface area contributed by atoms with Crippen LogP contribution in [0, 0.1) is 6.92 Å². The van der Waals surface area contributed by atoms with Crippen LogP contribution in [0.5, 0.6) is 0 Å². The predicted octanol–water partition coefficient (Wildman–Crippen LogP) is 2.00. The first-order valence-electron chi connectivity index (χ1n) is 4.87. The van der Waals surface area contributed by atoms with Gasteiger partial charge in [0, 0.05) is 11.7 Å². The summed E-state index contributed by atoms with van der Waals surface area (Å²) in [5, 5.41) is 3.46. The maximum atomic E-state index is 5.93. The number of anilines is 1. The minimum atomic E-state index is 0.486. The average Bonchev–Trinajstić information content (AvgIpc) is 2.61. The topological polar surface area (TPSA) is 38.0 Å². The summed E-state index contributed by atoms with van der Waals surface area (Å²) in [4.78, 5) is 0. The Kier molecular flexibility index (Phi) is 2.23. The lowest BCUT2D eigenvalue weighted by Gasteiger charge is -2.13. The van der Waals surface area contributed by atoms with Gasteiger partial charge in [0.05, 0.1) is 0 Å². The van der Waals surface area contributed by atoms with Gasteiger partial charge >= 0.3 is 0 Å². The highest BCUT2D eigenvalue weighted by Gasteiger charge is 2.17. The van der Waals surface area contributed by atoms with Crippen LogP contribution in [0.25, 0.3) is 0 Å². The van der Waals surface area contributed by atoms with Crippen molar-refractivity contribution in [1.82, 2.24) is 5.32 Å². The molecule has 13 heavy (non-hydrogen) atoms. The number of nitrogens with one attached hydrogen (secondary N) is 1. The van der Waals surface area contributed by atoms with Crippen molar-refractivity contribution >= 4 is 5.69 Å². The summed E-state index contributed by atoms with van der Waals surface area (Å²) < 4.78 is 0. The Morgan fingerprint density at radius 3 is 3.00 bits per heavy atom. The van der Waals surface area contributed by atoms with E-state index in [1.807, 2.05) is 6.07 Å². The molecule has 0 aliphatic carbocycles. The van der Waals surface area contributed by atoms with Gasteiger partial charge in [-0.1, -0.05) is 17.7 Å². The van der Waals surface area contributed by atoms with Crippen LogP contribution in [0.15, 0.2) is 18.2 Å². The zero-order valence-corrected chi connectivity index (χ0v) is 8.01. The van der Waals surface area contributed by atoms with Crippen molar-refractivity contribution in [3.63, 3.8) is 0 Å². The molecule has 0 aromatic heterocycles. The zero-order valence-electron chi connectivity index (χ0n) is 8.01. The summed E-state index contributed by atoms with van der Waals surface area (Å²) >= 11 is 0. The van der Waals surface area contributed by atoms with Crippen molar-refractivity contribution in [2.75, 3.05) is 12.3 Å². The fraction of sp³-hybridized carbons (Fsp3) is 0.455. The normalized spacial score (nSPS) is 22.1. The molecule has 1 aliphatic rings. The molecule has 2 nitrogen and oxygen atoms in total. The molecule has 0 spiro atoms. The SMILES string of the molecule is Cc1ccc(N)c([C@@H]2CCCN2)c1. The van der Waals surface area contributed by atoms with Crippen molar-refractivity contribution in [3.8, 4) is 0 Å². The van der Waals surface area contributed by atoms with Gasteiger partial charge in [0.1, 0.15) is 0 Å². The van der Waals surface area contributed by atoms with E-state index in [-0.39, 0.29) is 0 Å². The van der Waals surface area contributed by atoms with Crippen molar-refractivity contribution < 1.29 is 0 Å². The molecule has 1 saturated heterocycles. The molecule has 1 aromatic carbocycles. The lowest BCUT2D eigenvalue weighted by atomic mass is 10.0. The summed E-state index contributed by atoms with van der Waals surface area (Å²) in [6.07, 6.45) is 2.48. The van der Waals surface area contributed by atoms with Gasteiger partial charge in [-0.05, 0) is 37.9 Å². The lowest BCUT2D eigenvalue weighted by molar-refractivity contribution is 0.649. The summed E-state index contributed by atoms with van der Waals surface area (Å²) in [5.74, 6) is 0. The molecule has 1 aromatic rings. The van der Waals surface area contributed by atoms with Crippen LogP contribution in [0.1, 0.15) is 30.0 Å². The van der Waals surface area contributed by atoms with Crippen LogP contribution in [-0.4, -0.2) is 6.54 Å². The highest BCUT2D eigenvalue weighted by Crippen LogP contribution is 2.28. The molecule has 1 fully saturated rings. The summed E-state index contributed by atoms with van der Waals surface area (Å²) in [6.45, 7) is 3.23. The van der Waals surface area contributed by atoms with Gasteiger partial charge in [0.2, 0.25) is 0 Å². The molecular formula is C11H16N2. The molecule has 2 rings (SSSR count). The number of nitrogens with two attached hydrogens (primary N) is 1. The minimum Gasteiger partial charge on any atom is -0.398 e. The van der Waals surface area contributed by atoms with Crippen LogP contribution in [0.3, 0.4) is 0 Å². The minimum absolute atomic E-state index is 0.486. The second kappa shape index (κ2) is 3.38. The lowest BCUT2D eigenvalue weighted by Crippen LogP contribution is -2.14. The fourth-order valence-electron chi connectivity index (χ4n) is 1.95. The van der Waals surface area contributed by atoms with Gasteiger partial charge in [-0.3, -0.25) is 0 Å². The molecule has 0 saturated carbocycles. The molecule has 0 unspecified atom stereocenters. The van der Waals surface area contributed by atoms with E-state index in [0.717, 1.165) is 12.2 Å². The molecular weight excluding hydrogens is 160 g/mol. The number of benzene rings is 1. The Bertz CT molecular complexity index is 301. The van der Waals surface area contributed by atoms with E-state index in [9.17, 15) is 0 Å². The second-order valence-corrected chi connectivity index (χ2v) is 3.78. The van der Waals surface area contributed by atoms with Gasteiger partial charge in [-0.25, -0.2) is 0 Å². The van der Waals surface area contributed by atoms with Crippen molar-refractivity contribution in [2.24, 2.45) is 0 Å². The first-order valence-corrected chi connectivity index (χ1v) is 4.87. The Hall–Kier alpha value is -1.02. The molecule has 0 bridgehead atoms. The fourth-order valence-corrected chi connectivity index (χ4v) is 1.95. The number of rotatable bonds is 1. The van der Waals surface area contributed by atoms with Gasteiger partial charge in [0.25, 0.3) is 0 Å². The zero-order chi connectivity index (χ0) is 9.26. The predicted molar refractivity (Wildman–Crippen MR) is 55.6 cm³/mol. The highest BCUT2D eigenvalue weighted by atomic mass is 14.9. The van der Waals surface area contributed by atoms with E-state index in [1.165, 1.54) is 24.0 Å². The van der Waals surface area contributed by atoms with Crippen LogP contribution in [0.2, 0.25) is 0 Å². The van der Waals surface area contributed by atoms with Crippen molar-refractivity contribution in [1.29, 1.82) is 0 Å². The Labute approximate surface area is 79.1 Å². The number of hydrogen-bond acceptors (Lipinski definition) is 2. The Morgan fingerprint density at radius 1 is 1.46 bits per heavy atom. The maximum Gasteiger partial charge on any atom is 0.0362 e. The average molecular weight is 176 g/mol. The molecule has 0 radical (unpaired) electrons. The number of nitrogen functional groups attached to an aromatic ring is 1. The van der Waals surface area contributed by atoms with E-state index in [4.69, 9.17) is 5.73 Å². The summed E-state index contributed by atoms with van der Waals surface area (Å²) in [5.41, 5.74) is 9.42. The number of hydrogen-bond donors (Lipinski definition) is 2. The summed E-state index contributed by atoms with van der Waals surface area (Å²) in [7, 11) is 0. The third-order valence-corrected chi connectivity index (χ3v) is 2.68. The van der Waals surface area contributed by atoms with E-state index >= 15 is 0 Å². The Morgan fingerprint density at radius 2 is 2.31 bits per heavy atom. The van der Waals surface area contributed by atoms with Crippen LogP contribution < -0.4 is 11.1 Å². The quantitative estimate of drug-likeness (QED) is 0.642.